The maximum absolute atomic E-state index is 6.00. The highest BCUT2D eigenvalue weighted by atomic mass is 79.9. The fourth-order valence-electron chi connectivity index (χ4n) is 2.12. The first-order valence-electron chi connectivity index (χ1n) is 5.88. The van der Waals surface area contributed by atoms with Gasteiger partial charge < -0.3 is 5.32 Å². The Labute approximate surface area is 121 Å². The summed E-state index contributed by atoms with van der Waals surface area (Å²) in [5.41, 5.74) is 1.23. The molecule has 0 aliphatic carbocycles. The van der Waals surface area contributed by atoms with Crippen LogP contribution in [0.5, 0.6) is 0 Å². The molecular formula is C13H17BrClNS. The van der Waals surface area contributed by atoms with Gasteiger partial charge in [0.25, 0.3) is 0 Å². The summed E-state index contributed by atoms with van der Waals surface area (Å²) in [5.74, 6) is 1.30. The average Bonchev–Trinajstić information content (AvgIpc) is 2.71. The van der Waals surface area contributed by atoms with Gasteiger partial charge in [-0.05, 0) is 49.3 Å². The number of hydrogen-bond acceptors (Lipinski definition) is 2. The van der Waals surface area contributed by atoms with Crippen molar-refractivity contribution in [2.45, 2.75) is 31.1 Å². The van der Waals surface area contributed by atoms with Crippen LogP contribution < -0.4 is 5.32 Å². The SMILES string of the molecule is CC1(CNCc2cc(Cl)ccc2Br)CCCS1. The number of benzene rings is 1. The summed E-state index contributed by atoms with van der Waals surface area (Å²) in [7, 11) is 0. The third-order valence-electron chi connectivity index (χ3n) is 3.12. The van der Waals surface area contributed by atoms with Gasteiger partial charge in [0, 0.05) is 27.3 Å². The molecule has 0 radical (unpaired) electrons. The molecule has 1 aliphatic rings. The molecule has 1 aromatic rings. The molecule has 1 unspecified atom stereocenters. The Morgan fingerprint density at radius 3 is 3.06 bits per heavy atom. The van der Waals surface area contributed by atoms with E-state index in [0.717, 1.165) is 22.6 Å². The highest BCUT2D eigenvalue weighted by molar-refractivity contribution is 9.10. The van der Waals surface area contributed by atoms with Gasteiger partial charge in [-0.25, -0.2) is 0 Å². The topological polar surface area (TPSA) is 12.0 Å². The van der Waals surface area contributed by atoms with Crippen molar-refractivity contribution < 1.29 is 0 Å². The molecule has 1 saturated heterocycles. The van der Waals surface area contributed by atoms with E-state index in [-0.39, 0.29) is 0 Å². The van der Waals surface area contributed by atoms with Crippen molar-refractivity contribution in [3.63, 3.8) is 0 Å². The van der Waals surface area contributed by atoms with Crippen LogP contribution in [0.1, 0.15) is 25.3 Å². The first kappa shape index (κ1) is 13.7. The van der Waals surface area contributed by atoms with Gasteiger partial charge in [-0.2, -0.15) is 11.8 Å². The normalized spacial score (nSPS) is 24.2. The second-order valence-corrected chi connectivity index (χ2v) is 7.71. The zero-order valence-electron chi connectivity index (χ0n) is 9.93. The molecule has 1 atom stereocenters. The Bertz CT molecular complexity index is 391. The molecule has 0 bridgehead atoms. The molecule has 1 N–H and O–H groups in total. The van der Waals surface area contributed by atoms with E-state index in [4.69, 9.17) is 11.6 Å². The number of halogens is 2. The molecule has 17 heavy (non-hydrogen) atoms. The van der Waals surface area contributed by atoms with Crippen LogP contribution in [0.4, 0.5) is 0 Å². The van der Waals surface area contributed by atoms with Crippen LogP contribution in [0.2, 0.25) is 5.02 Å². The molecule has 1 heterocycles. The molecule has 1 fully saturated rings. The lowest BCUT2D eigenvalue weighted by molar-refractivity contribution is 0.536. The van der Waals surface area contributed by atoms with Crippen molar-refractivity contribution in [2.75, 3.05) is 12.3 Å². The zero-order chi connectivity index (χ0) is 12.3. The summed E-state index contributed by atoms with van der Waals surface area (Å²) in [6, 6.07) is 5.93. The fourth-order valence-corrected chi connectivity index (χ4v) is 3.97. The molecule has 0 amide bonds. The van der Waals surface area contributed by atoms with Crippen LogP contribution in [-0.4, -0.2) is 17.0 Å². The third-order valence-corrected chi connectivity index (χ3v) is 5.67. The molecule has 1 aliphatic heterocycles. The minimum atomic E-state index is 0.422. The summed E-state index contributed by atoms with van der Waals surface area (Å²) in [5, 5.41) is 4.34. The van der Waals surface area contributed by atoms with E-state index in [1.54, 1.807) is 0 Å². The van der Waals surface area contributed by atoms with E-state index in [2.05, 4.69) is 39.9 Å². The van der Waals surface area contributed by atoms with E-state index in [1.165, 1.54) is 24.2 Å². The molecule has 0 aromatic heterocycles. The molecule has 2 rings (SSSR count). The third kappa shape index (κ3) is 3.88. The lowest BCUT2D eigenvalue weighted by atomic mass is 10.1. The first-order valence-corrected chi connectivity index (χ1v) is 8.03. The number of thioether (sulfide) groups is 1. The highest BCUT2D eigenvalue weighted by Gasteiger charge is 2.28. The maximum atomic E-state index is 6.00. The predicted molar refractivity (Wildman–Crippen MR) is 81.0 cm³/mol. The van der Waals surface area contributed by atoms with Gasteiger partial charge in [0.15, 0.2) is 0 Å². The highest BCUT2D eigenvalue weighted by Crippen LogP contribution is 2.37. The molecule has 1 aromatic carbocycles. The van der Waals surface area contributed by atoms with E-state index in [0.29, 0.717) is 4.75 Å². The number of hydrogen-bond donors (Lipinski definition) is 1. The van der Waals surface area contributed by atoms with Gasteiger partial charge in [-0.15, -0.1) is 0 Å². The Balaban J connectivity index is 1.87. The summed E-state index contributed by atoms with van der Waals surface area (Å²) >= 11 is 11.6. The predicted octanol–water partition coefficient (Wildman–Crippen LogP) is 4.48. The quantitative estimate of drug-likeness (QED) is 0.871. The van der Waals surface area contributed by atoms with E-state index < -0.39 is 0 Å². The molecule has 0 spiro atoms. The minimum Gasteiger partial charge on any atom is -0.311 e. The van der Waals surface area contributed by atoms with Crippen molar-refractivity contribution in [3.8, 4) is 0 Å². The standard InChI is InChI=1S/C13H17BrClNS/c1-13(5-2-6-17-13)9-16-8-10-7-11(15)3-4-12(10)14/h3-4,7,16H,2,5-6,8-9H2,1H3. The fraction of sp³-hybridized carbons (Fsp3) is 0.538. The second kappa shape index (κ2) is 5.96. The lowest BCUT2D eigenvalue weighted by Crippen LogP contribution is -2.32. The Hall–Kier alpha value is 0.300. The van der Waals surface area contributed by atoms with Crippen LogP contribution in [0.25, 0.3) is 0 Å². The van der Waals surface area contributed by atoms with Crippen molar-refractivity contribution >= 4 is 39.3 Å². The number of rotatable bonds is 4. The monoisotopic (exact) mass is 333 g/mol. The first-order chi connectivity index (χ1) is 8.09. The molecule has 94 valence electrons. The zero-order valence-corrected chi connectivity index (χ0v) is 13.1. The Kier molecular flexibility index (Phi) is 4.81. The Morgan fingerprint density at radius 1 is 1.53 bits per heavy atom. The second-order valence-electron chi connectivity index (χ2n) is 4.74. The maximum Gasteiger partial charge on any atom is 0.0410 e. The van der Waals surface area contributed by atoms with Crippen LogP contribution in [0.3, 0.4) is 0 Å². The van der Waals surface area contributed by atoms with Crippen LogP contribution >= 0.6 is 39.3 Å². The number of nitrogens with one attached hydrogen (secondary N) is 1. The Morgan fingerprint density at radius 2 is 2.35 bits per heavy atom. The van der Waals surface area contributed by atoms with Crippen LogP contribution in [-0.2, 0) is 6.54 Å². The van der Waals surface area contributed by atoms with Crippen LogP contribution in [0, 0.1) is 0 Å². The summed E-state index contributed by atoms with van der Waals surface area (Å²) in [4.78, 5) is 0. The molecule has 4 heteroatoms. The van der Waals surface area contributed by atoms with Gasteiger partial charge in [0.1, 0.15) is 0 Å². The van der Waals surface area contributed by atoms with Crippen molar-refractivity contribution in [3.05, 3.63) is 33.3 Å². The summed E-state index contributed by atoms with van der Waals surface area (Å²) in [6.07, 6.45) is 2.67. The smallest absolute Gasteiger partial charge is 0.0410 e. The van der Waals surface area contributed by atoms with Gasteiger partial charge in [-0.3, -0.25) is 0 Å². The summed E-state index contributed by atoms with van der Waals surface area (Å²) < 4.78 is 1.55. The van der Waals surface area contributed by atoms with Gasteiger partial charge in [-0.1, -0.05) is 27.5 Å². The lowest BCUT2D eigenvalue weighted by Gasteiger charge is -2.23. The van der Waals surface area contributed by atoms with Crippen LogP contribution in [0.15, 0.2) is 22.7 Å². The van der Waals surface area contributed by atoms with Gasteiger partial charge >= 0.3 is 0 Å². The van der Waals surface area contributed by atoms with Gasteiger partial charge in [0.2, 0.25) is 0 Å². The van der Waals surface area contributed by atoms with Crippen molar-refractivity contribution in [1.29, 1.82) is 0 Å². The van der Waals surface area contributed by atoms with E-state index in [9.17, 15) is 0 Å². The minimum absolute atomic E-state index is 0.422. The molecular weight excluding hydrogens is 318 g/mol. The van der Waals surface area contributed by atoms with Crippen molar-refractivity contribution in [2.24, 2.45) is 0 Å². The van der Waals surface area contributed by atoms with E-state index >= 15 is 0 Å². The summed E-state index contributed by atoms with van der Waals surface area (Å²) in [6.45, 7) is 4.29. The molecule has 1 nitrogen and oxygen atoms in total. The average molecular weight is 335 g/mol. The van der Waals surface area contributed by atoms with E-state index in [1.807, 2.05) is 18.2 Å². The largest absolute Gasteiger partial charge is 0.311 e. The van der Waals surface area contributed by atoms with Gasteiger partial charge in [0.05, 0.1) is 0 Å². The van der Waals surface area contributed by atoms with Crippen molar-refractivity contribution in [1.82, 2.24) is 5.32 Å². The molecule has 0 saturated carbocycles.